The average Bonchev–Trinajstić information content (AvgIpc) is 2.37. The van der Waals surface area contributed by atoms with Gasteiger partial charge in [-0.05, 0) is 12.8 Å². The number of hydrogen-bond donors (Lipinski definition) is 1. The van der Waals surface area contributed by atoms with Crippen LogP contribution in [0, 0.1) is 16.7 Å². The molecule has 1 N–H and O–H groups in total. The van der Waals surface area contributed by atoms with Gasteiger partial charge in [0, 0.05) is 28.9 Å². The number of hydrogen-bond acceptors (Lipinski definition) is 3. The third-order valence-corrected chi connectivity index (χ3v) is 4.24. The fourth-order valence-electron chi connectivity index (χ4n) is 1.96. The van der Waals surface area contributed by atoms with E-state index in [9.17, 15) is 14.3 Å². The number of nitriles is 1. The summed E-state index contributed by atoms with van der Waals surface area (Å²) in [5.74, 6) is 0.854. The molecule has 0 heterocycles. The topological polar surface area (TPSA) is 70.0 Å². The van der Waals surface area contributed by atoms with Gasteiger partial charge in [0.25, 0.3) is 0 Å². The minimum Gasteiger partial charge on any atom is -0.354 e. The highest BCUT2D eigenvalue weighted by Crippen LogP contribution is 2.29. The molecule has 0 fully saturated rings. The normalized spacial score (nSPS) is 12.8. The first-order chi connectivity index (χ1) is 8.56. The van der Waals surface area contributed by atoms with Gasteiger partial charge in [0.15, 0.2) is 0 Å². The summed E-state index contributed by atoms with van der Waals surface area (Å²) in [7, 11) is -0.877. The second-order valence-corrected chi connectivity index (χ2v) is 6.25. The van der Waals surface area contributed by atoms with E-state index in [0.29, 0.717) is 30.9 Å². The van der Waals surface area contributed by atoms with Gasteiger partial charge in [0.05, 0.1) is 6.07 Å². The van der Waals surface area contributed by atoms with Crippen LogP contribution in [0.1, 0.15) is 46.5 Å². The Labute approximate surface area is 113 Å². The first-order valence-corrected chi connectivity index (χ1v) is 8.09. The molecule has 0 radical (unpaired) electrons. The monoisotopic (exact) mass is 272 g/mol. The van der Waals surface area contributed by atoms with Crippen LogP contribution in [-0.2, 0) is 15.6 Å². The van der Waals surface area contributed by atoms with Crippen molar-refractivity contribution in [3.8, 4) is 6.07 Å². The number of rotatable bonds is 9. The molecule has 0 bridgehead atoms. The van der Waals surface area contributed by atoms with E-state index in [4.69, 9.17) is 0 Å². The maximum Gasteiger partial charge on any atom is 0.240 e. The molecule has 0 aromatic heterocycles. The molecule has 0 aliphatic carbocycles. The van der Waals surface area contributed by atoms with Gasteiger partial charge in [0.2, 0.25) is 5.91 Å². The molecule has 1 atom stereocenters. The van der Waals surface area contributed by atoms with Crippen molar-refractivity contribution >= 4 is 16.7 Å². The van der Waals surface area contributed by atoms with E-state index in [2.05, 4.69) is 11.4 Å². The summed E-state index contributed by atoms with van der Waals surface area (Å²) in [6, 6.07) is 2.18. The van der Waals surface area contributed by atoms with E-state index in [1.54, 1.807) is 0 Å². The maximum atomic E-state index is 12.1. The molecular formula is C13H24N2O2S. The molecule has 0 spiro atoms. The van der Waals surface area contributed by atoms with Crippen molar-refractivity contribution in [3.05, 3.63) is 0 Å². The molecule has 0 saturated carbocycles. The van der Waals surface area contributed by atoms with Gasteiger partial charge in [-0.25, -0.2) is 0 Å². The first-order valence-electron chi connectivity index (χ1n) is 6.60. The Hall–Kier alpha value is -0.890. The molecule has 0 aliphatic heterocycles. The minimum atomic E-state index is -0.906. The van der Waals surface area contributed by atoms with Crippen LogP contribution in [0.4, 0.5) is 0 Å². The third-order valence-electron chi connectivity index (χ3n) is 2.94. The quantitative estimate of drug-likeness (QED) is 0.697. The lowest BCUT2D eigenvalue weighted by Crippen LogP contribution is -2.41. The largest absolute Gasteiger partial charge is 0.354 e. The highest BCUT2D eigenvalue weighted by Gasteiger charge is 2.36. The predicted molar refractivity (Wildman–Crippen MR) is 74.4 cm³/mol. The molecule has 0 saturated heterocycles. The van der Waals surface area contributed by atoms with Crippen LogP contribution in [0.15, 0.2) is 0 Å². The molecule has 0 aromatic carbocycles. The Bertz CT molecular complexity index is 317. The van der Waals surface area contributed by atoms with Gasteiger partial charge in [-0.3, -0.25) is 9.00 Å². The van der Waals surface area contributed by atoms with Crippen LogP contribution < -0.4 is 5.32 Å². The lowest BCUT2D eigenvalue weighted by molar-refractivity contribution is -0.128. The van der Waals surface area contributed by atoms with Gasteiger partial charge >= 0.3 is 0 Å². The number of carbonyl (C=O) groups excluding carboxylic acids is 1. The Morgan fingerprint density at radius 2 is 1.83 bits per heavy atom. The SMILES string of the molecule is CCCC(C#N)(CCC)C(=O)NCCS(=O)CC. The molecule has 1 amide bonds. The summed E-state index contributed by atoms with van der Waals surface area (Å²) < 4.78 is 11.3. The zero-order valence-electron chi connectivity index (χ0n) is 11.6. The Balaban J connectivity index is 4.48. The summed E-state index contributed by atoms with van der Waals surface area (Å²) in [6.07, 6.45) is 2.78. The van der Waals surface area contributed by atoms with Crippen molar-refractivity contribution in [3.63, 3.8) is 0 Å². The lowest BCUT2D eigenvalue weighted by atomic mass is 9.80. The molecular weight excluding hydrogens is 248 g/mol. The summed E-state index contributed by atoms with van der Waals surface area (Å²) in [6.45, 7) is 6.18. The van der Waals surface area contributed by atoms with Gasteiger partial charge < -0.3 is 5.32 Å². The molecule has 0 aliphatic rings. The standard InChI is InChI=1S/C13H24N2O2S/c1-4-7-13(11-14,8-5-2)12(16)15-9-10-18(17)6-3/h4-10H2,1-3H3,(H,15,16). The van der Waals surface area contributed by atoms with E-state index in [1.165, 1.54) is 0 Å². The van der Waals surface area contributed by atoms with Crippen molar-refractivity contribution in [2.75, 3.05) is 18.1 Å². The fraction of sp³-hybridized carbons (Fsp3) is 0.846. The van der Waals surface area contributed by atoms with Crippen LogP contribution in [-0.4, -0.2) is 28.2 Å². The highest BCUT2D eigenvalue weighted by molar-refractivity contribution is 7.84. The van der Waals surface area contributed by atoms with Crippen LogP contribution in [0.3, 0.4) is 0 Å². The van der Waals surface area contributed by atoms with E-state index >= 15 is 0 Å². The predicted octanol–water partition coefficient (Wildman–Crippen LogP) is 1.98. The zero-order valence-corrected chi connectivity index (χ0v) is 12.4. The second-order valence-electron chi connectivity index (χ2n) is 4.38. The van der Waals surface area contributed by atoms with Gasteiger partial charge in [-0.2, -0.15) is 5.26 Å². The van der Waals surface area contributed by atoms with Crippen molar-refractivity contribution < 1.29 is 9.00 Å². The number of carbonyl (C=O) groups is 1. The second kappa shape index (κ2) is 9.09. The fourth-order valence-corrected chi connectivity index (χ4v) is 2.58. The molecule has 1 unspecified atom stereocenters. The average molecular weight is 272 g/mol. The molecule has 18 heavy (non-hydrogen) atoms. The van der Waals surface area contributed by atoms with Crippen molar-refractivity contribution in [1.82, 2.24) is 5.32 Å². The number of nitrogens with zero attached hydrogens (tertiary/aromatic N) is 1. The Morgan fingerprint density at radius 3 is 2.22 bits per heavy atom. The summed E-state index contributed by atoms with van der Waals surface area (Å²) in [5, 5.41) is 12.0. The smallest absolute Gasteiger partial charge is 0.240 e. The molecule has 4 nitrogen and oxygen atoms in total. The first kappa shape index (κ1) is 17.1. The zero-order chi connectivity index (χ0) is 14.0. The third kappa shape index (κ3) is 5.18. The van der Waals surface area contributed by atoms with E-state index < -0.39 is 16.2 Å². The van der Waals surface area contributed by atoms with Crippen LogP contribution in [0.25, 0.3) is 0 Å². The minimum absolute atomic E-state index is 0.207. The van der Waals surface area contributed by atoms with Gasteiger partial charge in [-0.15, -0.1) is 0 Å². The van der Waals surface area contributed by atoms with Crippen LogP contribution in [0.2, 0.25) is 0 Å². The van der Waals surface area contributed by atoms with Crippen LogP contribution >= 0.6 is 0 Å². The maximum absolute atomic E-state index is 12.1. The summed E-state index contributed by atoms with van der Waals surface area (Å²) in [5.41, 5.74) is -0.906. The van der Waals surface area contributed by atoms with E-state index in [0.717, 1.165) is 12.8 Å². The van der Waals surface area contributed by atoms with Crippen molar-refractivity contribution in [2.24, 2.45) is 5.41 Å². The number of amides is 1. The summed E-state index contributed by atoms with van der Waals surface area (Å²) >= 11 is 0. The van der Waals surface area contributed by atoms with Crippen molar-refractivity contribution in [1.29, 1.82) is 5.26 Å². The molecule has 5 heteroatoms. The Morgan fingerprint density at radius 1 is 1.28 bits per heavy atom. The molecule has 104 valence electrons. The summed E-state index contributed by atoms with van der Waals surface area (Å²) in [4.78, 5) is 12.1. The highest BCUT2D eigenvalue weighted by atomic mass is 32.2. The molecule has 0 rings (SSSR count). The van der Waals surface area contributed by atoms with Crippen LogP contribution in [0.5, 0.6) is 0 Å². The van der Waals surface area contributed by atoms with Gasteiger partial charge in [0.1, 0.15) is 5.41 Å². The Kier molecular flexibility index (Phi) is 8.65. The molecule has 0 aromatic rings. The number of nitrogens with one attached hydrogen (secondary N) is 1. The van der Waals surface area contributed by atoms with E-state index in [1.807, 2.05) is 20.8 Å². The van der Waals surface area contributed by atoms with E-state index in [-0.39, 0.29) is 5.91 Å². The lowest BCUT2D eigenvalue weighted by Gasteiger charge is -2.24. The van der Waals surface area contributed by atoms with Crippen molar-refractivity contribution in [2.45, 2.75) is 46.5 Å². The van der Waals surface area contributed by atoms with Gasteiger partial charge in [-0.1, -0.05) is 33.6 Å².